The summed E-state index contributed by atoms with van der Waals surface area (Å²) in [6, 6.07) is 7.33. The van der Waals surface area contributed by atoms with Crippen LogP contribution in [-0.4, -0.2) is 17.0 Å². The van der Waals surface area contributed by atoms with E-state index in [1.54, 1.807) is 13.8 Å². The normalized spacial score (nSPS) is 17.1. The van der Waals surface area contributed by atoms with Crippen LogP contribution in [-0.2, 0) is 19.9 Å². The number of ketones is 1. The van der Waals surface area contributed by atoms with Crippen molar-refractivity contribution in [3.63, 3.8) is 0 Å². The predicted octanol–water partition coefficient (Wildman–Crippen LogP) is 1.95. The van der Waals surface area contributed by atoms with Crippen molar-refractivity contribution in [2.24, 2.45) is 0 Å². The number of hydrogen-bond acceptors (Lipinski definition) is 4. The molecular weight excluding hydrogens is 220 g/mol. The van der Waals surface area contributed by atoms with Crippen molar-refractivity contribution >= 4 is 17.8 Å². The summed E-state index contributed by atoms with van der Waals surface area (Å²) in [5.74, 6) is -1.37. The van der Waals surface area contributed by atoms with E-state index in [9.17, 15) is 9.59 Å². The topological polar surface area (TPSA) is 63.6 Å². The second kappa shape index (κ2) is 3.82. The number of carbonyl (C=O) groups is 2. The Morgan fingerprint density at radius 3 is 2.59 bits per heavy atom. The minimum absolute atomic E-state index is 0.129. The van der Waals surface area contributed by atoms with Crippen molar-refractivity contribution < 1.29 is 19.7 Å². The van der Waals surface area contributed by atoms with E-state index in [0.717, 1.165) is 11.1 Å². The van der Waals surface area contributed by atoms with Crippen molar-refractivity contribution in [2.45, 2.75) is 19.3 Å². The van der Waals surface area contributed by atoms with Gasteiger partial charge in [0.2, 0.25) is 0 Å². The number of fused-ring (bicyclic) bond motifs is 1. The highest BCUT2D eigenvalue weighted by Gasteiger charge is 2.39. The summed E-state index contributed by atoms with van der Waals surface area (Å²) in [7, 11) is 0. The molecule has 1 aromatic carbocycles. The molecule has 0 amide bonds. The molecule has 2 rings (SSSR count). The first-order valence-electron chi connectivity index (χ1n) is 5.20. The highest BCUT2D eigenvalue weighted by atomic mass is 17.1. The molecule has 1 aromatic rings. The lowest BCUT2D eigenvalue weighted by molar-refractivity contribution is -0.229. The maximum absolute atomic E-state index is 12.1. The minimum Gasteiger partial charge on any atom is -0.295 e. The number of benzene rings is 1. The van der Waals surface area contributed by atoms with E-state index in [0.29, 0.717) is 0 Å². The standard InChI is InChI=1S/C13H12O4/c1-13(2)10-6-4-3-5-8(10)7-9(11(13)14)12(15)17-16/h3-7,16H,1-2H3. The quantitative estimate of drug-likeness (QED) is 0.456. The van der Waals surface area contributed by atoms with Crippen LogP contribution in [0.25, 0.3) is 6.08 Å². The molecule has 1 aliphatic carbocycles. The summed E-state index contributed by atoms with van der Waals surface area (Å²) in [6.45, 7) is 3.48. The van der Waals surface area contributed by atoms with Crippen molar-refractivity contribution in [1.82, 2.24) is 0 Å². The third kappa shape index (κ3) is 1.66. The monoisotopic (exact) mass is 232 g/mol. The summed E-state index contributed by atoms with van der Waals surface area (Å²) < 4.78 is 0. The molecule has 0 aromatic heterocycles. The number of rotatable bonds is 1. The fourth-order valence-corrected chi connectivity index (χ4v) is 2.07. The summed E-state index contributed by atoms with van der Waals surface area (Å²) >= 11 is 0. The Morgan fingerprint density at radius 1 is 1.29 bits per heavy atom. The van der Waals surface area contributed by atoms with Crippen LogP contribution in [0.5, 0.6) is 0 Å². The van der Waals surface area contributed by atoms with Gasteiger partial charge in [0.1, 0.15) is 5.57 Å². The van der Waals surface area contributed by atoms with Gasteiger partial charge in [0.15, 0.2) is 5.78 Å². The Balaban J connectivity index is 2.65. The zero-order chi connectivity index (χ0) is 12.6. The SMILES string of the molecule is CC1(C)C(=O)C(C(=O)OO)=Cc2ccccc21. The van der Waals surface area contributed by atoms with Gasteiger partial charge in [0.25, 0.3) is 0 Å². The Hall–Kier alpha value is -1.94. The molecule has 1 N–H and O–H groups in total. The maximum atomic E-state index is 12.1. The molecule has 0 bridgehead atoms. The highest BCUT2D eigenvalue weighted by molar-refractivity contribution is 6.25. The van der Waals surface area contributed by atoms with Gasteiger partial charge in [0, 0.05) is 0 Å². The van der Waals surface area contributed by atoms with Gasteiger partial charge >= 0.3 is 5.97 Å². The summed E-state index contributed by atoms with van der Waals surface area (Å²) in [4.78, 5) is 27.1. The van der Waals surface area contributed by atoms with Gasteiger partial charge in [-0.3, -0.25) is 9.68 Å². The number of carbonyl (C=O) groups excluding carboxylic acids is 2. The molecule has 1 aliphatic rings. The van der Waals surface area contributed by atoms with E-state index in [1.165, 1.54) is 6.08 Å². The van der Waals surface area contributed by atoms with Crippen LogP contribution in [0.2, 0.25) is 0 Å². The second-order valence-corrected chi connectivity index (χ2v) is 4.48. The van der Waals surface area contributed by atoms with Gasteiger partial charge in [-0.25, -0.2) is 4.79 Å². The van der Waals surface area contributed by atoms with Crippen LogP contribution in [0, 0.1) is 0 Å². The number of Topliss-reactive ketones (excluding diaryl/α,β-unsaturated/α-hetero) is 1. The van der Waals surface area contributed by atoms with Crippen molar-refractivity contribution in [1.29, 1.82) is 0 Å². The van der Waals surface area contributed by atoms with Crippen LogP contribution in [0.15, 0.2) is 29.8 Å². The molecule has 4 nitrogen and oxygen atoms in total. The Bertz CT molecular complexity index is 526. The summed E-state index contributed by atoms with van der Waals surface area (Å²) in [5, 5.41) is 8.38. The molecular formula is C13H12O4. The fraction of sp³-hybridized carbons (Fsp3) is 0.231. The van der Waals surface area contributed by atoms with Crippen molar-refractivity contribution in [3.8, 4) is 0 Å². The predicted molar refractivity (Wildman–Crippen MR) is 61.2 cm³/mol. The van der Waals surface area contributed by atoms with E-state index >= 15 is 0 Å². The fourth-order valence-electron chi connectivity index (χ4n) is 2.07. The molecule has 0 fully saturated rings. The zero-order valence-corrected chi connectivity index (χ0v) is 9.56. The van der Waals surface area contributed by atoms with Gasteiger partial charge in [0.05, 0.1) is 5.41 Å². The van der Waals surface area contributed by atoms with Gasteiger partial charge in [-0.15, -0.1) is 0 Å². The van der Waals surface area contributed by atoms with E-state index in [-0.39, 0.29) is 11.4 Å². The molecule has 0 saturated carbocycles. The molecule has 0 unspecified atom stereocenters. The van der Waals surface area contributed by atoms with E-state index in [1.807, 2.05) is 24.3 Å². The lowest BCUT2D eigenvalue weighted by Gasteiger charge is -2.29. The Labute approximate surface area is 98.5 Å². The van der Waals surface area contributed by atoms with Crippen molar-refractivity contribution in [3.05, 3.63) is 41.0 Å². The smallest absolute Gasteiger partial charge is 0.295 e. The van der Waals surface area contributed by atoms with Gasteiger partial charge in [-0.2, -0.15) is 5.26 Å². The first-order chi connectivity index (χ1) is 7.98. The van der Waals surface area contributed by atoms with E-state index < -0.39 is 11.4 Å². The van der Waals surface area contributed by atoms with Gasteiger partial charge in [-0.05, 0) is 31.1 Å². The lowest BCUT2D eigenvalue weighted by Crippen LogP contribution is -2.36. The number of hydrogen-bond donors (Lipinski definition) is 1. The largest absolute Gasteiger partial charge is 0.376 e. The lowest BCUT2D eigenvalue weighted by atomic mass is 9.72. The molecule has 88 valence electrons. The van der Waals surface area contributed by atoms with Gasteiger partial charge in [-0.1, -0.05) is 24.3 Å². The van der Waals surface area contributed by atoms with Gasteiger partial charge < -0.3 is 0 Å². The minimum atomic E-state index is -1.02. The molecule has 17 heavy (non-hydrogen) atoms. The Kier molecular flexibility index (Phi) is 2.59. The summed E-state index contributed by atoms with van der Waals surface area (Å²) in [5.41, 5.74) is 0.725. The van der Waals surface area contributed by atoms with Crippen molar-refractivity contribution in [2.75, 3.05) is 0 Å². The molecule has 0 saturated heterocycles. The zero-order valence-electron chi connectivity index (χ0n) is 9.56. The maximum Gasteiger partial charge on any atom is 0.376 e. The van der Waals surface area contributed by atoms with Crippen LogP contribution in [0.4, 0.5) is 0 Å². The molecule has 4 heteroatoms. The van der Waals surface area contributed by atoms with Crippen LogP contribution in [0.3, 0.4) is 0 Å². The molecule has 0 atom stereocenters. The molecule has 0 heterocycles. The first kappa shape index (κ1) is 11.5. The highest BCUT2D eigenvalue weighted by Crippen LogP contribution is 2.35. The molecule has 0 radical (unpaired) electrons. The second-order valence-electron chi connectivity index (χ2n) is 4.48. The van der Waals surface area contributed by atoms with Crippen LogP contribution in [0.1, 0.15) is 25.0 Å². The van der Waals surface area contributed by atoms with E-state index in [2.05, 4.69) is 4.89 Å². The molecule has 0 aliphatic heterocycles. The first-order valence-corrected chi connectivity index (χ1v) is 5.20. The summed E-state index contributed by atoms with van der Waals surface area (Å²) in [6.07, 6.45) is 1.45. The average molecular weight is 232 g/mol. The van der Waals surface area contributed by atoms with Crippen LogP contribution < -0.4 is 0 Å². The molecule has 0 spiro atoms. The third-order valence-corrected chi connectivity index (χ3v) is 3.05. The van der Waals surface area contributed by atoms with Crippen LogP contribution >= 0.6 is 0 Å². The van der Waals surface area contributed by atoms with E-state index in [4.69, 9.17) is 5.26 Å². The average Bonchev–Trinajstić information content (AvgIpc) is 2.33. The third-order valence-electron chi connectivity index (χ3n) is 3.05. The Morgan fingerprint density at radius 2 is 1.94 bits per heavy atom.